The number of thiophene rings is 2. The average molecular weight is 186 g/mol. The van der Waals surface area contributed by atoms with Crippen LogP contribution in [0.5, 0.6) is 11.5 Å². The average Bonchev–Trinajstić information content (AvgIpc) is 2.53. The molecule has 0 bridgehead atoms. The molecule has 11 heavy (non-hydrogen) atoms. The van der Waals surface area contributed by atoms with Gasteiger partial charge in [-0.2, -0.15) is 0 Å². The number of ether oxygens (including phenoxy) is 1. The lowest BCUT2D eigenvalue weighted by Gasteiger charge is -1.90. The molecule has 0 aromatic carbocycles. The van der Waals surface area contributed by atoms with Gasteiger partial charge in [0, 0.05) is 10.8 Å². The summed E-state index contributed by atoms with van der Waals surface area (Å²) in [6, 6.07) is 0. The zero-order chi connectivity index (χ0) is 7.84. The topological polar surface area (TPSA) is 29.5 Å². The lowest BCUT2D eigenvalue weighted by Crippen LogP contribution is -1.75. The summed E-state index contributed by atoms with van der Waals surface area (Å²) in [6.07, 6.45) is 0. The highest BCUT2D eigenvalue weighted by Gasteiger charge is 2.09. The molecule has 0 radical (unpaired) electrons. The number of fused-ring (bicyclic) bond motifs is 1. The van der Waals surface area contributed by atoms with Gasteiger partial charge in [0.2, 0.25) is 0 Å². The van der Waals surface area contributed by atoms with Gasteiger partial charge in [-0.15, -0.1) is 22.7 Å². The molecular weight excluding hydrogens is 180 g/mol. The second-order valence-electron chi connectivity index (χ2n) is 2.08. The molecule has 0 saturated carbocycles. The van der Waals surface area contributed by atoms with Gasteiger partial charge in [0.1, 0.15) is 11.5 Å². The lowest BCUT2D eigenvalue weighted by atomic mass is 10.5. The fraction of sp³-hybridized carbons (Fsp3) is 0.143. The van der Waals surface area contributed by atoms with E-state index in [1.807, 2.05) is 5.38 Å². The van der Waals surface area contributed by atoms with Crippen molar-refractivity contribution in [2.45, 2.75) is 0 Å². The Bertz CT molecular complexity index is 375. The molecule has 58 valence electrons. The van der Waals surface area contributed by atoms with Gasteiger partial charge in [0.15, 0.2) is 0 Å². The van der Waals surface area contributed by atoms with E-state index in [9.17, 15) is 5.11 Å². The van der Waals surface area contributed by atoms with Gasteiger partial charge in [-0.3, -0.25) is 0 Å². The Morgan fingerprint density at radius 2 is 2.00 bits per heavy atom. The number of rotatable bonds is 1. The summed E-state index contributed by atoms with van der Waals surface area (Å²) in [5.74, 6) is 1.22. The van der Waals surface area contributed by atoms with Crippen molar-refractivity contribution in [1.29, 1.82) is 0 Å². The molecule has 2 aromatic heterocycles. The molecule has 2 heterocycles. The maximum absolute atomic E-state index is 9.29. The Morgan fingerprint density at radius 3 is 2.73 bits per heavy atom. The molecule has 0 spiro atoms. The number of hydrogen-bond donors (Lipinski definition) is 1. The second-order valence-corrected chi connectivity index (χ2v) is 3.84. The van der Waals surface area contributed by atoms with E-state index in [1.54, 1.807) is 12.5 Å². The largest absolute Gasteiger partial charge is 0.506 e. The minimum Gasteiger partial charge on any atom is -0.506 e. The van der Waals surface area contributed by atoms with Gasteiger partial charge < -0.3 is 9.84 Å². The second kappa shape index (κ2) is 2.39. The molecular formula is C7H6O2S2. The van der Waals surface area contributed by atoms with E-state index in [1.165, 1.54) is 22.7 Å². The van der Waals surface area contributed by atoms with E-state index >= 15 is 0 Å². The van der Waals surface area contributed by atoms with Gasteiger partial charge in [-0.05, 0) is 0 Å². The van der Waals surface area contributed by atoms with Gasteiger partial charge in [-0.1, -0.05) is 0 Å². The quantitative estimate of drug-likeness (QED) is 0.742. The lowest BCUT2D eigenvalue weighted by molar-refractivity contribution is 0.422. The van der Waals surface area contributed by atoms with Crippen molar-refractivity contribution >= 4 is 32.1 Å². The first-order valence-electron chi connectivity index (χ1n) is 3.04. The van der Waals surface area contributed by atoms with Crippen molar-refractivity contribution < 1.29 is 9.84 Å². The van der Waals surface area contributed by atoms with E-state index in [0.717, 1.165) is 15.1 Å². The Kier molecular flexibility index (Phi) is 1.51. The summed E-state index contributed by atoms with van der Waals surface area (Å²) in [5, 5.41) is 12.9. The Hall–Kier alpha value is -0.740. The number of methoxy groups -OCH3 is 1. The van der Waals surface area contributed by atoms with Crippen LogP contribution in [-0.4, -0.2) is 12.2 Å². The fourth-order valence-electron chi connectivity index (χ4n) is 0.929. The highest BCUT2D eigenvalue weighted by Crippen LogP contribution is 2.42. The predicted molar refractivity (Wildman–Crippen MR) is 47.9 cm³/mol. The fourth-order valence-corrected chi connectivity index (χ4v) is 3.01. The first kappa shape index (κ1) is 6.94. The van der Waals surface area contributed by atoms with Crippen molar-refractivity contribution in [3.63, 3.8) is 0 Å². The molecule has 0 aliphatic carbocycles. The predicted octanol–water partition coefficient (Wildman–Crippen LogP) is 2.68. The van der Waals surface area contributed by atoms with Crippen molar-refractivity contribution in [3.8, 4) is 11.5 Å². The van der Waals surface area contributed by atoms with Crippen LogP contribution in [0.2, 0.25) is 0 Å². The Balaban J connectivity index is 2.77. The van der Waals surface area contributed by atoms with E-state index in [2.05, 4.69) is 0 Å². The molecule has 1 N–H and O–H groups in total. The van der Waals surface area contributed by atoms with Gasteiger partial charge in [0.05, 0.1) is 16.5 Å². The van der Waals surface area contributed by atoms with Crippen molar-refractivity contribution in [1.82, 2.24) is 0 Å². The third-order valence-electron chi connectivity index (χ3n) is 1.45. The van der Waals surface area contributed by atoms with Crippen LogP contribution in [0.15, 0.2) is 10.8 Å². The molecule has 4 heteroatoms. The number of aromatic hydroxyl groups is 1. The highest BCUT2D eigenvalue weighted by atomic mass is 32.1. The van der Waals surface area contributed by atoms with Crippen LogP contribution in [-0.2, 0) is 0 Å². The van der Waals surface area contributed by atoms with Crippen LogP contribution >= 0.6 is 22.7 Å². The summed E-state index contributed by atoms with van der Waals surface area (Å²) >= 11 is 3.01. The van der Waals surface area contributed by atoms with Crippen LogP contribution < -0.4 is 4.74 Å². The third kappa shape index (κ3) is 0.902. The van der Waals surface area contributed by atoms with Gasteiger partial charge in [0.25, 0.3) is 0 Å². The molecule has 0 saturated heterocycles. The molecule has 0 amide bonds. The standard InChI is InChI=1S/C7H6O2S2/c1-9-5-3-11-6-4(8)2-10-7(5)6/h2-3,8H,1H3. The van der Waals surface area contributed by atoms with Crippen molar-refractivity contribution in [2.75, 3.05) is 7.11 Å². The van der Waals surface area contributed by atoms with E-state index in [-0.39, 0.29) is 0 Å². The minimum absolute atomic E-state index is 0.360. The molecule has 0 aliphatic rings. The molecule has 0 unspecified atom stereocenters. The minimum atomic E-state index is 0.360. The summed E-state index contributed by atoms with van der Waals surface area (Å²) in [5.41, 5.74) is 0. The van der Waals surface area contributed by atoms with Crippen molar-refractivity contribution in [2.24, 2.45) is 0 Å². The van der Waals surface area contributed by atoms with Crippen LogP contribution in [0, 0.1) is 0 Å². The van der Waals surface area contributed by atoms with E-state index < -0.39 is 0 Å². The van der Waals surface area contributed by atoms with Crippen LogP contribution in [0.3, 0.4) is 0 Å². The molecule has 0 fully saturated rings. The third-order valence-corrected chi connectivity index (χ3v) is 3.55. The molecule has 2 nitrogen and oxygen atoms in total. The smallest absolute Gasteiger partial charge is 0.147 e. The Labute approximate surface area is 71.7 Å². The normalized spacial score (nSPS) is 10.6. The summed E-state index contributed by atoms with van der Waals surface area (Å²) < 4.78 is 7.05. The van der Waals surface area contributed by atoms with Gasteiger partial charge in [-0.25, -0.2) is 0 Å². The first-order chi connectivity index (χ1) is 5.33. The first-order valence-corrected chi connectivity index (χ1v) is 4.80. The molecule has 0 atom stereocenters. The summed E-state index contributed by atoms with van der Waals surface area (Å²) in [6.45, 7) is 0. The summed E-state index contributed by atoms with van der Waals surface area (Å²) in [7, 11) is 1.64. The van der Waals surface area contributed by atoms with Crippen LogP contribution in [0.1, 0.15) is 0 Å². The SMILES string of the molecule is COc1csc2c(O)csc12. The van der Waals surface area contributed by atoms with E-state index in [4.69, 9.17) is 4.74 Å². The maximum atomic E-state index is 9.29. The zero-order valence-corrected chi connectivity index (χ0v) is 7.46. The monoisotopic (exact) mass is 186 g/mol. The molecule has 2 rings (SSSR count). The van der Waals surface area contributed by atoms with Crippen LogP contribution in [0.4, 0.5) is 0 Å². The van der Waals surface area contributed by atoms with Crippen LogP contribution in [0.25, 0.3) is 9.40 Å². The molecule has 2 aromatic rings. The molecule has 0 aliphatic heterocycles. The highest BCUT2D eigenvalue weighted by molar-refractivity contribution is 7.27. The summed E-state index contributed by atoms with van der Waals surface area (Å²) in [4.78, 5) is 0. The number of hydrogen-bond acceptors (Lipinski definition) is 4. The van der Waals surface area contributed by atoms with Crippen molar-refractivity contribution in [3.05, 3.63) is 10.8 Å². The van der Waals surface area contributed by atoms with E-state index in [0.29, 0.717) is 5.75 Å². The van der Waals surface area contributed by atoms with Gasteiger partial charge >= 0.3 is 0 Å². The zero-order valence-electron chi connectivity index (χ0n) is 5.83. The maximum Gasteiger partial charge on any atom is 0.147 e. The Morgan fingerprint density at radius 1 is 1.27 bits per heavy atom.